The normalized spacial score (nSPS) is 18.1. The fourth-order valence-electron chi connectivity index (χ4n) is 1.06. The average molecular weight is 240 g/mol. The molecule has 0 aliphatic carbocycles. The van der Waals surface area contributed by atoms with Crippen LogP contribution in [0.25, 0.3) is 0 Å². The number of hydrogen-bond donors (Lipinski definition) is 3. The molecule has 0 aromatic rings. The first-order valence-electron chi connectivity index (χ1n) is 5.42. The van der Waals surface area contributed by atoms with Crippen molar-refractivity contribution in [3.63, 3.8) is 0 Å². The molecule has 1 fully saturated rings. The smallest absolute Gasteiger partial charge is 0.241 e. The van der Waals surface area contributed by atoms with Gasteiger partial charge < -0.3 is 21.7 Å². The van der Waals surface area contributed by atoms with Crippen molar-refractivity contribution in [2.24, 2.45) is 11.5 Å². The van der Waals surface area contributed by atoms with Crippen molar-refractivity contribution >= 4 is 5.91 Å². The lowest BCUT2D eigenvalue weighted by atomic mass is 10.3. The van der Waals surface area contributed by atoms with Gasteiger partial charge in [-0.3, -0.25) is 4.79 Å². The minimum Gasteiger partial charge on any atom is -0.366 e. The third kappa shape index (κ3) is 17.3. The number of terminal acetylenes is 1. The first-order chi connectivity index (χ1) is 8.02. The molecule has 0 saturated carbocycles. The predicted octanol–water partition coefficient (Wildman–Crippen LogP) is -0.854. The number of nitrogens with two attached hydrogens (primary N) is 2. The Morgan fingerprint density at radius 2 is 2.12 bits per heavy atom. The average Bonchev–Trinajstić information content (AvgIpc) is 2.72. The zero-order valence-electron chi connectivity index (χ0n) is 10.7. The Labute approximate surface area is 104 Å². The van der Waals surface area contributed by atoms with Crippen LogP contribution in [0.3, 0.4) is 0 Å². The zero-order valence-corrected chi connectivity index (χ0v) is 10.7. The number of rotatable bonds is 3. The second kappa shape index (κ2) is 12.7. The number of hydrogen-bond acceptors (Lipinski definition) is 4. The molecule has 17 heavy (non-hydrogen) atoms. The van der Waals surface area contributed by atoms with Gasteiger partial charge in [-0.2, -0.15) is 0 Å². The number of nitrogens with zero attached hydrogens (tertiary/aromatic N) is 1. The van der Waals surface area contributed by atoms with Crippen LogP contribution >= 0.6 is 0 Å². The summed E-state index contributed by atoms with van der Waals surface area (Å²) in [6.07, 6.45) is 12.2. The summed E-state index contributed by atoms with van der Waals surface area (Å²) in [6.45, 7) is 2.88. The van der Waals surface area contributed by atoms with E-state index in [1.165, 1.54) is 6.08 Å². The van der Waals surface area contributed by atoms with Gasteiger partial charge in [0.2, 0.25) is 5.91 Å². The van der Waals surface area contributed by atoms with E-state index in [9.17, 15) is 4.79 Å². The van der Waals surface area contributed by atoms with Gasteiger partial charge in [0, 0.05) is 19.1 Å². The van der Waals surface area contributed by atoms with Crippen LogP contribution in [0.4, 0.5) is 0 Å². The molecule has 0 radical (unpaired) electrons. The largest absolute Gasteiger partial charge is 0.366 e. The van der Waals surface area contributed by atoms with Gasteiger partial charge in [-0.15, -0.1) is 12.8 Å². The number of likely N-dealkylation sites (N-methyl/N-ethyl adjacent to an activating group) is 1. The molecule has 1 heterocycles. The van der Waals surface area contributed by atoms with Gasteiger partial charge in [0.1, 0.15) is 0 Å². The van der Waals surface area contributed by atoms with Crippen LogP contribution < -0.4 is 16.8 Å². The number of amides is 1. The van der Waals surface area contributed by atoms with Gasteiger partial charge >= 0.3 is 0 Å². The van der Waals surface area contributed by atoms with Crippen molar-refractivity contribution in [1.82, 2.24) is 10.2 Å². The summed E-state index contributed by atoms with van der Waals surface area (Å²) in [5.41, 5.74) is 10.3. The Balaban J connectivity index is 0. The molecule has 0 spiro atoms. The molecule has 1 rings (SSSR count). The minimum atomic E-state index is -0.392. The van der Waals surface area contributed by atoms with Crippen LogP contribution in [-0.2, 0) is 4.79 Å². The van der Waals surface area contributed by atoms with E-state index in [1.807, 2.05) is 19.0 Å². The molecule has 5 nitrogen and oxygen atoms in total. The summed E-state index contributed by atoms with van der Waals surface area (Å²) in [7, 11) is 3.84. The van der Waals surface area contributed by atoms with Crippen molar-refractivity contribution in [3.05, 3.63) is 12.2 Å². The topological polar surface area (TPSA) is 84.4 Å². The van der Waals surface area contributed by atoms with Crippen LogP contribution in [0.15, 0.2) is 12.2 Å². The Bertz CT molecular complexity index is 230. The zero-order chi connectivity index (χ0) is 13.7. The monoisotopic (exact) mass is 240 g/mol. The third-order valence-corrected chi connectivity index (χ3v) is 1.85. The highest BCUT2D eigenvalue weighted by Crippen LogP contribution is 1.90. The van der Waals surface area contributed by atoms with E-state index < -0.39 is 5.91 Å². The van der Waals surface area contributed by atoms with Crippen LogP contribution in [0.1, 0.15) is 6.42 Å². The highest BCUT2D eigenvalue weighted by Gasteiger charge is 2.06. The third-order valence-electron chi connectivity index (χ3n) is 1.85. The van der Waals surface area contributed by atoms with Crippen molar-refractivity contribution in [1.29, 1.82) is 0 Å². The molecule has 1 atom stereocenters. The van der Waals surface area contributed by atoms with Gasteiger partial charge in [0.05, 0.1) is 0 Å². The summed E-state index contributed by atoms with van der Waals surface area (Å²) >= 11 is 0. The van der Waals surface area contributed by atoms with Gasteiger partial charge in [-0.1, -0.05) is 6.08 Å². The maximum atomic E-state index is 10.1. The van der Waals surface area contributed by atoms with Crippen molar-refractivity contribution in [2.45, 2.75) is 12.5 Å². The molecule has 0 aromatic carbocycles. The molecule has 5 N–H and O–H groups in total. The Morgan fingerprint density at radius 1 is 1.53 bits per heavy atom. The number of carbonyl (C=O) groups excluding carboxylic acids is 1. The molecule has 1 saturated heterocycles. The van der Waals surface area contributed by atoms with Gasteiger partial charge in [0.25, 0.3) is 0 Å². The van der Waals surface area contributed by atoms with E-state index in [-0.39, 0.29) is 0 Å². The first kappa shape index (κ1) is 18.0. The standard InChI is InChI=1S/C6H12N2O.C4H10N2.C2H2/c1-8(2)5-3-4-6(7)9;5-4-1-2-6-3-4;1-2/h3-4H,5H2,1-2H3,(H2,7,9);4,6H,1-3,5H2;1-2H/b4-3+;;/t;4-;/m.0./s1. The molecular weight excluding hydrogens is 216 g/mol. The van der Waals surface area contributed by atoms with Crippen LogP contribution in [-0.4, -0.2) is 50.6 Å². The van der Waals surface area contributed by atoms with Crippen LogP contribution in [0, 0.1) is 12.8 Å². The van der Waals surface area contributed by atoms with Crippen molar-refractivity contribution in [3.8, 4) is 12.8 Å². The van der Waals surface area contributed by atoms with E-state index in [0.717, 1.165) is 26.1 Å². The molecule has 0 unspecified atom stereocenters. The molecule has 5 heteroatoms. The first-order valence-corrected chi connectivity index (χ1v) is 5.42. The summed E-state index contributed by atoms with van der Waals surface area (Å²) in [5, 5.41) is 3.15. The number of primary amides is 1. The van der Waals surface area contributed by atoms with Gasteiger partial charge in [-0.25, -0.2) is 0 Å². The SMILES string of the molecule is C#C.CN(C)C/C=C/C(N)=O.N[C@H]1CCNC1. The highest BCUT2D eigenvalue weighted by atomic mass is 16.1. The number of carbonyl (C=O) groups is 1. The summed E-state index contributed by atoms with van der Waals surface area (Å²) in [4.78, 5) is 12.0. The molecule has 0 aromatic heterocycles. The van der Waals surface area contributed by atoms with E-state index in [4.69, 9.17) is 11.5 Å². The fraction of sp³-hybridized carbons (Fsp3) is 0.583. The summed E-state index contributed by atoms with van der Waals surface area (Å²) in [5.74, 6) is -0.392. The van der Waals surface area contributed by atoms with Crippen LogP contribution in [0.5, 0.6) is 0 Å². The molecule has 98 valence electrons. The van der Waals surface area contributed by atoms with E-state index >= 15 is 0 Å². The van der Waals surface area contributed by atoms with E-state index in [0.29, 0.717) is 6.04 Å². The van der Waals surface area contributed by atoms with Gasteiger partial charge in [0.15, 0.2) is 0 Å². The molecule has 0 bridgehead atoms. The number of nitrogens with one attached hydrogen (secondary N) is 1. The quantitative estimate of drug-likeness (QED) is 0.443. The van der Waals surface area contributed by atoms with E-state index in [1.54, 1.807) is 6.08 Å². The maximum absolute atomic E-state index is 10.1. The Morgan fingerprint density at radius 3 is 2.35 bits per heavy atom. The lowest BCUT2D eigenvalue weighted by molar-refractivity contribution is -0.113. The Hall–Kier alpha value is -1.35. The fourth-order valence-corrected chi connectivity index (χ4v) is 1.06. The molecule has 1 aliphatic rings. The highest BCUT2D eigenvalue weighted by molar-refractivity contribution is 5.85. The lowest BCUT2D eigenvalue weighted by Crippen LogP contribution is -2.21. The summed E-state index contributed by atoms with van der Waals surface area (Å²) in [6, 6.07) is 0.435. The van der Waals surface area contributed by atoms with E-state index in [2.05, 4.69) is 18.2 Å². The van der Waals surface area contributed by atoms with Crippen molar-refractivity contribution < 1.29 is 4.79 Å². The molecule has 1 aliphatic heterocycles. The predicted molar refractivity (Wildman–Crippen MR) is 72.2 cm³/mol. The maximum Gasteiger partial charge on any atom is 0.241 e. The molecular formula is C12H24N4O. The molecule has 1 amide bonds. The Kier molecular flexibility index (Phi) is 13.5. The van der Waals surface area contributed by atoms with Crippen molar-refractivity contribution in [2.75, 3.05) is 33.7 Å². The van der Waals surface area contributed by atoms with Gasteiger partial charge in [-0.05, 0) is 33.1 Å². The second-order valence-corrected chi connectivity index (χ2v) is 3.82. The lowest BCUT2D eigenvalue weighted by Gasteiger charge is -2.02. The van der Waals surface area contributed by atoms with Crippen LogP contribution in [0.2, 0.25) is 0 Å². The second-order valence-electron chi connectivity index (χ2n) is 3.82. The minimum absolute atomic E-state index is 0.392. The summed E-state index contributed by atoms with van der Waals surface area (Å²) < 4.78 is 0.